The molecule has 0 saturated carbocycles. The van der Waals surface area contributed by atoms with Crippen LogP contribution in [0, 0.1) is 13.8 Å². The molecule has 32 heavy (non-hydrogen) atoms. The molecule has 0 saturated heterocycles. The molecule has 1 aliphatic heterocycles. The minimum atomic E-state index is -0.837. The monoisotopic (exact) mass is 434 g/mol. The molecule has 3 aromatic rings. The molecule has 0 bridgehead atoms. The Balaban J connectivity index is 1.81. The number of hydrogen-bond acceptors (Lipinski definition) is 5. The number of carbonyl (C=O) groups is 2. The summed E-state index contributed by atoms with van der Waals surface area (Å²) in [5, 5.41) is 10.3. The fraction of sp³-hybridized carbons (Fsp3) is 0.292. The maximum atomic E-state index is 13.2. The first kappa shape index (κ1) is 21.4. The fourth-order valence-corrected chi connectivity index (χ4v) is 4.27. The summed E-state index contributed by atoms with van der Waals surface area (Å²) in [7, 11) is 4.91. The van der Waals surface area contributed by atoms with Crippen LogP contribution in [0.5, 0.6) is 11.5 Å². The van der Waals surface area contributed by atoms with Crippen molar-refractivity contribution in [2.75, 3.05) is 19.5 Å². The summed E-state index contributed by atoms with van der Waals surface area (Å²) in [5.41, 5.74) is 3.90. The molecular weight excluding hydrogens is 408 g/mol. The number of rotatable bonds is 5. The second kappa shape index (κ2) is 8.37. The van der Waals surface area contributed by atoms with Crippen LogP contribution < -0.4 is 20.1 Å². The quantitative estimate of drug-likeness (QED) is 0.644. The predicted octanol–water partition coefficient (Wildman–Crippen LogP) is 2.94. The summed E-state index contributed by atoms with van der Waals surface area (Å²) < 4.78 is 12.5. The van der Waals surface area contributed by atoms with E-state index in [0.717, 1.165) is 22.4 Å². The molecule has 0 aliphatic carbocycles. The largest absolute Gasteiger partial charge is 0.493 e. The Hall–Kier alpha value is -3.81. The smallest absolute Gasteiger partial charge is 0.251 e. The molecule has 2 heterocycles. The molecular formula is C24H26N4O4. The molecule has 0 radical (unpaired) electrons. The van der Waals surface area contributed by atoms with Crippen molar-refractivity contribution in [3.05, 3.63) is 70.4 Å². The number of aryl methyl sites for hydroxylation is 3. The Kier molecular flexibility index (Phi) is 5.61. The zero-order valence-corrected chi connectivity index (χ0v) is 18.7. The SMILES string of the molecule is COc1ccc([C@H]2c3c(C)nn(C)c3NC(=O)[C@@H]2NC(=O)c2cccc(C)c2)cc1OC. The fourth-order valence-electron chi connectivity index (χ4n) is 4.27. The number of nitrogens with zero attached hydrogens (tertiary/aromatic N) is 2. The van der Waals surface area contributed by atoms with Gasteiger partial charge < -0.3 is 20.1 Å². The highest BCUT2D eigenvalue weighted by Crippen LogP contribution is 2.41. The van der Waals surface area contributed by atoms with E-state index in [-0.39, 0.29) is 11.8 Å². The summed E-state index contributed by atoms with van der Waals surface area (Å²) in [6, 6.07) is 11.9. The normalized spacial score (nSPS) is 17.3. The maximum Gasteiger partial charge on any atom is 0.251 e. The molecule has 166 valence electrons. The molecule has 8 heteroatoms. The van der Waals surface area contributed by atoms with Crippen LogP contribution in [0.1, 0.15) is 38.7 Å². The minimum absolute atomic E-state index is 0.304. The average molecular weight is 434 g/mol. The molecule has 2 amide bonds. The second-order valence-electron chi connectivity index (χ2n) is 7.87. The molecule has 2 N–H and O–H groups in total. The minimum Gasteiger partial charge on any atom is -0.493 e. The third kappa shape index (κ3) is 3.68. The molecule has 0 fully saturated rings. The van der Waals surface area contributed by atoms with Crippen molar-refractivity contribution in [1.82, 2.24) is 15.1 Å². The van der Waals surface area contributed by atoms with Crippen molar-refractivity contribution in [2.45, 2.75) is 25.8 Å². The maximum absolute atomic E-state index is 13.2. The Morgan fingerprint density at radius 1 is 1.09 bits per heavy atom. The van der Waals surface area contributed by atoms with Crippen LogP contribution in [-0.2, 0) is 11.8 Å². The van der Waals surface area contributed by atoms with Gasteiger partial charge in [-0.3, -0.25) is 14.3 Å². The van der Waals surface area contributed by atoms with E-state index < -0.39 is 12.0 Å². The van der Waals surface area contributed by atoms with E-state index in [0.29, 0.717) is 22.9 Å². The summed E-state index contributed by atoms with van der Waals surface area (Å²) in [6.07, 6.45) is 0. The molecule has 2 aromatic carbocycles. The number of benzene rings is 2. The molecule has 1 aliphatic rings. The third-order valence-corrected chi connectivity index (χ3v) is 5.77. The van der Waals surface area contributed by atoms with Crippen LogP contribution in [0.15, 0.2) is 42.5 Å². The van der Waals surface area contributed by atoms with Gasteiger partial charge in [0.05, 0.1) is 19.9 Å². The van der Waals surface area contributed by atoms with Gasteiger partial charge in [-0.25, -0.2) is 0 Å². The highest BCUT2D eigenvalue weighted by Gasteiger charge is 2.41. The van der Waals surface area contributed by atoms with Crippen molar-refractivity contribution in [3.63, 3.8) is 0 Å². The van der Waals surface area contributed by atoms with Crippen LogP contribution >= 0.6 is 0 Å². The zero-order chi connectivity index (χ0) is 23.0. The van der Waals surface area contributed by atoms with Crippen molar-refractivity contribution >= 4 is 17.6 Å². The van der Waals surface area contributed by atoms with Gasteiger partial charge in [0.1, 0.15) is 11.9 Å². The van der Waals surface area contributed by atoms with E-state index in [2.05, 4.69) is 15.7 Å². The Morgan fingerprint density at radius 3 is 2.53 bits per heavy atom. The van der Waals surface area contributed by atoms with Crippen LogP contribution in [0.3, 0.4) is 0 Å². The number of amides is 2. The first-order valence-electron chi connectivity index (χ1n) is 10.3. The Bertz CT molecular complexity index is 1200. The number of hydrogen-bond donors (Lipinski definition) is 2. The van der Waals surface area contributed by atoms with Gasteiger partial charge >= 0.3 is 0 Å². The highest BCUT2D eigenvalue weighted by atomic mass is 16.5. The van der Waals surface area contributed by atoms with Crippen molar-refractivity contribution in [3.8, 4) is 11.5 Å². The topological polar surface area (TPSA) is 94.5 Å². The second-order valence-corrected chi connectivity index (χ2v) is 7.87. The third-order valence-electron chi connectivity index (χ3n) is 5.77. The van der Waals surface area contributed by atoms with E-state index >= 15 is 0 Å². The van der Waals surface area contributed by atoms with Gasteiger partial charge in [-0.05, 0) is 43.7 Å². The lowest BCUT2D eigenvalue weighted by Gasteiger charge is -2.33. The summed E-state index contributed by atoms with van der Waals surface area (Å²) in [5.74, 6) is 0.669. The molecule has 0 spiro atoms. The summed E-state index contributed by atoms with van der Waals surface area (Å²) >= 11 is 0. The van der Waals surface area contributed by atoms with Gasteiger partial charge in [0.15, 0.2) is 11.5 Å². The molecule has 4 rings (SSSR count). The van der Waals surface area contributed by atoms with E-state index in [9.17, 15) is 9.59 Å². The molecule has 8 nitrogen and oxygen atoms in total. The number of carbonyl (C=O) groups excluding carboxylic acids is 2. The average Bonchev–Trinajstić information content (AvgIpc) is 3.06. The van der Waals surface area contributed by atoms with E-state index in [1.807, 2.05) is 38.1 Å². The van der Waals surface area contributed by atoms with Gasteiger partial charge in [-0.1, -0.05) is 23.8 Å². The van der Waals surface area contributed by atoms with E-state index in [4.69, 9.17) is 9.47 Å². The highest BCUT2D eigenvalue weighted by molar-refractivity contribution is 6.04. The lowest BCUT2D eigenvalue weighted by atomic mass is 9.81. The van der Waals surface area contributed by atoms with Crippen molar-refractivity contribution in [1.29, 1.82) is 0 Å². The van der Waals surface area contributed by atoms with Gasteiger partial charge in [0.25, 0.3) is 5.91 Å². The lowest BCUT2D eigenvalue weighted by Crippen LogP contribution is -2.50. The van der Waals surface area contributed by atoms with Crippen molar-refractivity contribution in [2.24, 2.45) is 7.05 Å². The zero-order valence-electron chi connectivity index (χ0n) is 18.7. The number of anilines is 1. The first-order chi connectivity index (χ1) is 15.3. The van der Waals surface area contributed by atoms with Crippen LogP contribution in [-0.4, -0.2) is 41.9 Å². The van der Waals surface area contributed by atoms with Crippen LogP contribution in [0.2, 0.25) is 0 Å². The summed E-state index contributed by atoms with van der Waals surface area (Å²) in [6.45, 7) is 3.81. The molecule has 0 unspecified atom stereocenters. The number of fused-ring (bicyclic) bond motifs is 1. The number of methoxy groups -OCH3 is 2. The van der Waals surface area contributed by atoms with Crippen molar-refractivity contribution < 1.29 is 19.1 Å². The van der Waals surface area contributed by atoms with E-state index in [1.54, 1.807) is 44.1 Å². The number of ether oxygens (including phenoxy) is 2. The summed E-state index contributed by atoms with van der Waals surface area (Å²) in [4.78, 5) is 26.2. The number of nitrogens with one attached hydrogen (secondary N) is 2. The number of aromatic nitrogens is 2. The Labute approximate surface area is 186 Å². The Morgan fingerprint density at radius 2 is 1.84 bits per heavy atom. The predicted molar refractivity (Wildman–Crippen MR) is 120 cm³/mol. The van der Waals surface area contributed by atoms with Gasteiger partial charge in [-0.15, -0.1) is 0 Å². The van der Waals surface area contributed by atoms with Gasteiger partial charge in [0, 0.05) is 24.1 Å². The van der Waals surface area contributed by atoms with Gasteiger partial charge in [-0.2, -0.15) is 5.10 Å². The molecule has 1 aromatic heterocycles. The van der Waals surface area contributed by atoms with Crippen LogP contribution in [0.25, 0.3) is 0 Å². The van der Waals surface area contributed by atoms with Crippen LogP contribution in [0.4, 0.5) is 5.82 Å². The first-order valence-corrected chi connectivity index (χ1v) is 10.3. The standard InChI is InChI=1S/C24H26N4O4/c1-13-7-6-8-16(11-13)23(29)25-21-20(15-9-10-17(31-4)18(12-15)32-5)19-14(2)27-28(3)22(19)26-24(21)30/h6-12,20-21H,1-5H3,(H,25,29)(H,26,30)/t20-,21+/m0/s1. The molecule has 2 atom stereocenters. The lowest BCUT2D eigenvalue weighted by molar-refractivity contribution is -0.118. The van der Waals surface area contributed by atoms with E-state index in [1.165, 1.54) is 0 Å². The van der Waals surface area contributed by atoms with Gasteiger partial charge in [0.2, 0.25) is 5.91 Å².